The third-order valence-electron chi connectivity index (χ3n) is 3.37. The van der Waals surface area contributed by atoms with Crippen molar-refractivity contribution in [1.29, 1.82) is 0 Å². The smallest absolute Gasteiger partial charge is 0.120 e. The molecule has 2 unspecified atom stereocenters. The van der Waals surface area contributed by atoms with E-state index in [4.69, 9.17) is 4.74 Å². The Labute approximate surface area is 119 Å². The zero-order valence-electron chi connectivity index (χ0n) is 11.8. The van der Waals surface area contributed by atoms with Gasteiger partial charge in [-0.2, -0.15) is 0 Å². The van der Waals surface area contributed by atoms with Crippen LogP contribution in [0.3, 0.4) is 0 Å². The van der Waals surface area contributed by atoms with Crippen molar-refractivity contribution in [3.63, 3.8) is 0 Å². The molecule has 0 spiro atoms. The van der Waals surface area contributed by atoms with Gasteiger partial charge in [0.15, 0.2) is 0 Å². The first-order chi connectivity index (χ1) is 8.62. The summed E-state index contributed by atoms with van der Waals surface area (Å²) < 4.78 is 6.36. The van der Waals surface area contributed by atoms with Crippen LogP contribution in [0.5, 0.6) is 5.75 Å². The van der Waals surface area contributed by atoms with Crippen LogP contribution in [0.15, 0.2) is 22.7 Å². The number of halogens is 1. The largest absolute Gasteiger partial charge is 0.497 e. The number of hydrogen-bond acceptors (Lipinski definition) is 2. The van der Waals surface area contributed by atoms with E-state index in [1.54, 1.807) is 7.11 Å². The fourth-order valence-corrected chi connectivity index (χ4v) is 2.69. The highest BCUT2D eigenvalue weighted by atomic mass is 79.9. The average molecular weight is 314 g/mol. The zero-order chi connectivity index (χ0) is 13.5. The van der Waals surface area contributed by atoms with Gasteiger partial charge in [-0.1, -0.05) is 49.2 Å². The van der Waals surface area contributed by atoms with Crippen molar-refractivity contribution in [3.8, 4) is 5.75 Å². The van der Waals surface area contributed by atoms with Gasteiger partial charge in [0.1, 0.15) is 5.75 Å². The monoisotopic (exact) mass is 313 g/mol. The number of hydrogen-bond donors (Lipinski definition) is 1. The Bertz CT molecular complexity index is 368. The predicted octanol–water partition coefficient (Wildman–Crippen LogP) is 4.54. The molecule has 0 radical (unpaired) electrons. The molecule has 1 aromatic rings. The maximum Gasteiger partial charge on any atom is 0.120 e. The van der Waals surface area contributed by atoms with Crippen molar-refractivity contribution in [2.24, 2.45) is 5.92 Å². The highest BCUT2D eigenvalue weighted by Gasteiger charge is 2.16. The maximum atomic E-state index is 5.24. The quantitative estimate of drug-likeness (QED) is 0.797. The highest BCUT2D eigenvalue weighted by molar-refractivity contribution is 9.10. The molecule has 18 heavy (non-hydrogen) atoms. The average Bonchev–Trinajstić information content (AvgIpc) is 2.38. The second-order valence-corrected chi connectivity index (χ2v) is 5.60. The summed E-state index contributed by atoms with van der Waals surface area (Å²) in [5.41, 5.74) is 1.32. The lowest BCUT2D eigenvalue weighted by Crippen LogP contribution is -2.23. The van der Waals surface area contributed by atoms with Crippen LogP contribution in [0.1, 0.15) is 45.2 Å². The van der Waals surface area contributed by atoms with Crippen molar-refractivity contribution in [3.05, 3.63) is 28.2 Å². The second kappa shape index (κ2) is 7.80. The number of rotatable bonds is 7. The first-order valence-corrected chi connectivity index (χ1v) is 7.48. The first-order valence-electron chi connectivity index (χ1n) is 6.69. The standard InChI is InChI=1S/C15H24BrNO/c1-5-11(3)9-15(17-6-2)13-8-7-12(18-4)10-14(13)16/h7-8,10-11,15,17H,5-6,9H2,1-4H3. The van der Waals surface area contributed by atoms with Crippen LogP contribution in [-0.4, -0.2) is 13.7 Å². The van der Waals surface area contributed by atoms with Crippen LogP contribution in [0.2, 0.25) is 0 Å². The molecule has 2 atom stereocenters. The summed E-state index contributed by atoms with van der Waals surface area (Å²) in [7, 11) is 1.70. The molecule has 0 saturated heterocycles. The molecule has 0 heterocycles. The van der Waals surface area contributed by atoms with Crippen LogP contribution < -0.4 is 10.1 Å². The third kappa shape index (κ3) is 4.29. The Morgan fingerprint density at radius 1 is 1.33 bits per heavy atom. The van der Waals surface area contributed by atoms with Gasteiger partial charge < -0.3 is 10.1 Å². The molecule has 102 valence electrons. The lowest BCUT2D eigenvalue weighted by molar-refractivity contribution is 0.403. The lowest BCUT2D eigenvalue weighted by atomic mass is 9.94. The molecule has 3 heteroatoms. The Kier molecular flexibility index (Phi) is 6.72. The van der Waals surface area contributed by atoms with E-state index in [0.29, 0.717) is 6.04 Å². The third-order valence-corrected chi connectivity index (χ3v) is 4.06. The van der Waals surface area contributed by atoms with E-state index in [1.807, 2.05) is 12.1 Å². The molecule has 0 fully saturated rings. The van der Waals surface area contributed by atoms with Crippen molar-refractivity contribution >= 4 is 15.9 Å². The van der Waals surface area contributed by atoms with E-state index in [2.05, 4.69) is 48.1 Å². The van der Waals surface area contributed by atoms with Crippen LogP contribution in [0, 0.1) is 5.92 Å². The Balaban J connectivity index is 2.90. The van der Waals surface area contributed by atoms with Gasteiger partial charge >= 0.3 is 0 Å². The van der Waals surface area contributed by atoms with Gasteiger partial charge in [-0.05, 0) is 36.6 Å². The summed E-state index contributed by atoms with van der Waals surface area (Å²) in [6.07, 6.45) is 2.38. The van der Waals surface area contributed by atoms with E-state index in [0.717, 1.165) is 29.1 Å². The minimum absolute atomic E-state index is 0.408. The first kappa shape index (κ1) is 15.5. The second-order valence-electron chi connectivity index (χ2n) is 4.75. The molecule has 0 aliphatic rings. The minimum atomic E-state index is 0.408. The predicted molar refractivity (Wildman–Crippen MR) is 81.2 cm³/mol. The summed E-state index contributed by atoms with van der Waals surface area (Å²) in [4.78, 5) is 0. The fourth-order valence-electron chi connectivity index (χ4n) is 2.05. The Morgan fingerprint density at radius 3 is 2.56 bits per heavy atom. The molecule has 0 aliphatic carbocycles. The summed E-state index contributed by atoms with van der Waals surface area (Å²) in [5.74, 6) is 1.62. The summed E-state index contributed by atoms with van der Waals surface area (Å²) in [6.45, 7) is 7.69. The lowest BCUT2D eigenvalue weighted by Gasteiger charge is -2.23. The van der Waals surface area contributed by atoms with Gasteiger partial charge in [0, 0.05) is 10.5 Å². The maximum absolute atomic E-state index is 5.24. The van der Waals surface area contributed by atoms with Crippen LogP contribution in [-0.2, 0) is 0 Å². The van der Waals surface area contributed by atoms with Crippen molar-refractivity contribution in [1.82, 2.24) is 5.32 Å². The van der Waals surface area contributed by atoms with Crippen molar-refractivity contribution in [2.45, 2.75) is 39.7 Å². The molecule has 0 aliphatic heterocycles. The molecule has 0 bridgehead atoms. The van der Waals surface area contributed by atoms with Gasteiger partial charge in [0.25, 0.3) is 0 Å². The number of nitrogens with one attached hydrogen (secondary N) is 1. The molecule has 1 rings (SSSR count). The van der Waals surface area contributed by atoms with E-state index in [1.165, 1.54) is 12.0 Å². The SMILES string of the molecule is CCNC(CC(C)CC)c1ccc(OC)cc1Br. The van der Waals surface area contributed by atoms with Gasteiger partial charge in [-0.3, -0.25) is 0 Å². The molecule has 0 saturated carbocycles. The molecule has 0 aromatic heterocycles. The summed E-state index contributed by atoms with van der Waals surface area (Å²) >= 11 is 3.65. The van der Waals surface area contributed by atoms with Crippen LogP contribution in [0.4, 0.5) is 0 Å². The van der Waals surface area contributed by atoms with Gasteiger partial charge in [-0.25, -0.2) is 0 Å². The molecule has 0 amide bonds. The number of benzene rings is 1. The summed E-state index contributed by atoms with van der Waals surface area (Å²) in [6, 6.07) is 6.63. The summed E-state index contributed by atoms with van der Waals surface area (Å²) in [5, 5.41) is 3.57. The van der Waals surface area contributed by atoms with E-state index in [9.17, 15) is 0 Å². The van der Waals surface area contributed by atoms with Crippen molar-refractivity contribution < 1.29 is 4.74 Å². The molecular formula is C15H24BrNO. The van der Waals surface area contributed by atoms with Gasteiger partial charge in [0.2, 0.25) is 0 Å². The van der Waals surface area contributed by atoms with E-state index >= 15 is 0 Å². The normalized spacial score (nSPS) is 14.3. The van der Waals surface area contributed by atoms with Crippen LogP contribution in [0.25, 0.3) is 0 Å². The van der Waals surface area contributed by atoms with Crippen molar-refractivity contribution in [2.75, 3.05) is 13.7 Å². The van der Waals surface area contributed by atoms with E-state index in [-0.39, 0.29) is 0 Å². The molecule has 1 N–H and O–H groups in total. The topological polar surface area (TPSA) is 21.3 Å². The number of methoxy groups -OCH3 is 1. The molecular weight excluding hydrogens is 290 g/mol. The van der Waals surface area contributed by atoms with Gasteiger partial charge in [-0.15, -0.1) is 0 Å². The number of ether oxygens (including phenoxy) is 1. The Hall–Kier alpha value is -0.540. The fraction of sp³-hybridized carbons (Fsp3) is 0.600. The van der Waals surface area contributed by atoms with E-state index < -0.39 is 0 Å². The van der Waals surface area contributed by atoms with Crippen LogP contribution >= 0.6 is 15.9 Å². The Morgan fingerprint density at radius 2 is 2.06 bits per heavy atom. The minimum Gasteiger partial charge on any atom is -0.497 e. The molecule has 2 nitrogen and oxygen atoms in total. The zero-order valence-corrected chi connectivity index (χ0v) is 13.4. The highest BCUT2D eigenvalue weighted by Crippen LogP contribution is 2.31. The van der Waals surface area contributed by atoms with Gasteiger partial charge in [0.05, 0.1) is 7.11 Å². The molecule has 1 aromatic carbocycles.